The number of benzene rings is 2. The van der Waals surface area contributed by atoms with E-state index in [-0.39, 0.29) is 5.91 Å². The van der Waals surface area contributed by atoms with Crippen molar-refractivity contribution in [3.63, 3.8) is 0 Å². The number of hydrogen-bond donors (Lipinski definition) is 1. The maximum Gasteiger partial charge on any atom is 0.252 e. The number of halogens is 2. The second-order valence-corrected chi connectivity index (χ2v) is 7.30. The van der Waals surface area contributed by atoms with E-state index in [0.717, 1.165) is 26.0 Å². The zero-order valence-corrected chi connectivity index (χ0v) is 17.5. The summed E-state index contributed by atoms with van der Waals surface area (Å²) in [5.74, 6) is -0.124. The summed E-state index contributed by atoms with van der Waals surface area (Å²) in [5, 5.41) is 3.64. The molecule has 0 bridgehead atoms. The quantitative estimate of drug-likeness (QED) is 0.416. The first kappa shape index (κ1) is 19.5. The molecule has 0 saturated carbocycles. The van der Waals surface area contributed by atoms with Crippen LogP contribution in [0.3, 0.4) is 0 Å². The fraction of sp³-hybridized carbons (Fsp3) is 0.0952. The second-order valence-electron chi connectivity index (χ2n) is 5.78. The highest BCUT2D eigenvalue weighted by Gasteiger charge is 2.16. The van der Waals surface area contributed by atoms with Crippen molar-refractivity contribution in [1.29, 1.82) is 0 Å². The first-order chi connectivity index (χ1) is 13.1. The second kappa shape index (κ2) is 9.10. The van der Waals surface area contributed by atoms with E-state index in [9.17, 15) is 4.79 Å². The van der Waals surface area contributed by atoms with E-state index >= 15 is 0 Å². The van der Waals surface area contributed by atoms with Crippen molar-refractivity contribution in [2.24, 2.45) is 4.99 Å². The van der Waals surface area contributed by atoms with Crippen molar-refractivity contribution in [1.82, 2.24) is 10.3 Å². The van der Waals surface area contributed by atoms with E-state index in [2.05, 4.69) is 37.9 Å². The van der Waals surface area contributed by atoms with Gasteiger partial charge >= 0.3 is 0 Å². The molecule has 2 aromatic carbocycles. The Morgan fingerprint density at radius 2 is 1.74 bits per heavy atom. The van der Waals surface area contributed by atoms with E-state index in [1.54, 1.807) is 19.4 Å². The van der Waals surface area contributed by atoms with Crippen molar-refractivity contribution >= 4 is 45.8 Å². The smallest absolute Gasteiger partial charge is 0.252 e. The lowest BCUT2D eigenvalue weighted by Crippen LogP contribution is -2.24. The molecule has 0 aliphatic heterocycles. The van der Waals surface area contributed by atoms with Crippen LogP contribution in [0.2, 0.25) is 5.02 Å². The Morgan fingerprint density at radius 1 is 1.07 bits per heavy atom. The summed E-state index contributed by atoms with van der Waals surface area (Å²) in [6.07, 6.45) is 3.46. The van der Waals surface area contributed by atoms with E-state index in [1.165, 1.54) is 0 Å². The highest BCUT2D eigenvalue weighted by atomic mass is 127. The summed E-state index contributed by atoms with van der Waals surface area (Å²) in [4.78, 5) is 21.2. The first-order valence-corrected chi connectivity index (χ1v) is 9.74. The molecule has 1 amide bonds. The Hall–Kier alpha value is -2.25. The minimum atomic E-state index is -0.124. The van der Waals surface area contributed by atoms with Gasteiger partial charge in [0.25, 0.3) is 5.91 Å². The van der Waals surface area contributed by atoms with Crippen LogP contribution < -0.4 is 5.32 Å². The molecule has 4 nitrogen and oxygen atoms in total. The molecule has 0 radical (unpaired) electrons. The monoisotopic (exact) mass is 489 g/mol. The maximum atomic E-state index is 12.7. The summed E-state index contributed by atoms with van der Waals surface area (Å²) >= 11 is 8.10. The Kier molecular flexibility index (Phi) is 6.58. The number of carbonyl (C=O) groups is 1. The molecule has 0 fully saturated rings. The fourth-order valence-electron chi connectivity index (χ4n) is 2.68. The fourth-order valence-corrected chi connectivity index (χ4v) is 3.67. The van der Waals surface area contributed by atoms with Crippen LogP contribution >= 0.6 is 34.2 Å². The number of rotatable bonds is 5. The van der Waals surface area contributed by atoms with Crippen LogP contribution in [-0.4, -0.2) is 23.7 Å². The topological polar surface area (TPSA) is 54.4 Å². The van der Waals surface area contributed by atoms with Gasteiger partial charge in [0.15, 0.2) is 0 Å². The number of nitrogens with zero attached hydrogens (tertiary/aromatic N) is 2. The molecule has 0 saturated heterocycles. The van der Waals surface area contributed by atoms with E-state index in [4.69, 9.17) is 11.6 Å². The van der Waals surface area contributed by atoms with Gasteiger partial charge in [-0.3, -0.25) is 14.8 Å². The van der Waals surface area contributed by atoms with Crippen LogP contribution in [-0.2, 0) is 6.54 Å². The molecule has 0 atom stereocenters. The molecule has 1 heterocycles. The number of pyridine rings is 1. The Balaban J connectivity index is 1.83. The maximum absolute atomic E-state index is 12.7. The van der Waals surface area contributed by atoms with Gasteiger partial charge in [-0.25, -0.2) is 0 Å². The molecular weight excluding hydrogens is 473 g/mol. The number of amides is 1. The third kappa shape index (κ3) is 4.73. The Bertz CT molecular complexity index is 972. The van der Waals surface area contributed by atoms with E-state index in [0.29, 0.717) is 17.1 Å². The van der Waals surface area contributed by atoms with Gasteiger partial charge in [-0.2, -0.15) is 0 Å². The molecule has 0 spiro atoms. The van der Waals surface area contributed by atoms with Crippen molar-refractivity contribution in [3.8, 4) is 0 Å². The summed E-state index contributed by atoms with van der Waals surface area (Å²) in [7, 11) is 1.75. The predicted octanol–water partition coefficient (Wildman–Crippen LogP) is 4.74. The number of aromatic nitrogens is 1. The van der Waals surface area contributed by atoms with Gasteiger partial charge in [-0.05, 0) is 58.5 Å². The van der Waals surface area contributed by atoms with Gasteiger partial charge < -0.3 is 5.32 Å². The third-order valence-electron chi connectivity index (χ3n) is 4.04. The number of nitrogens with one attached hydrogen (secondary N) is 1. The molecule has 3 aromatic rings. The average Bonchev–Trinajstić information content (AvgIpc) is 2.70. The third-order valence-corrected chi connectivity index (χ3v) is 5.46. The van der Waals surface area contributed by atoms with Crippen LogP contribution in [0.5, 0.6) is 0 Å². The molecule has 1 N–H and O–H groups in total. The zero-order valence-electron chi connectivity index (χ0n) is 14.6. The van der Waals surface area contributed by atoms with Gasteiger partial charge in [-0.1, -0.05) is 35.9 Å². The minimum absolute atomic E-state index is 0.124. The number of hydrogen-bond acceptors (Lipinski definition) is 3. The molecular formula is C21H17ClIN3O. The van der Waals surface area contributed by atoms with Gasteiger partial charge in [-0.15, -0.1) is 0 Å². The number of carbonyl (C=O) groups excluding carboxylic acids is 1. The molecule has 1 aromatic heterocycles. The van der Waals surface area contributed by atoms with Gasteiger partial charge in [0, 0.05) is 45.7 Å². The molecule has 3 rings (SSSR count). The summed E-state index contributed by atoms with van der Waals surface area (Å²) in [6.45, 7) is 0.440. The Morgan fingerprint density at radius 3 is 2.41 bits per heavy atom. The van der Waals surface area contributed by atoms with Gasteiger partial charge in [0.1, 0.15) is 0 Å². The minimum Gasteiger partial charge on any atom is -0.348 e. The predicted molar refractivity (Wildman–Crippen MR) is 118 cm³/mol. The Labute approximate surface area is 176 Å². The standard InChI is InChI=1S/C21H17ClIN3O/c1-24-20(15-9-11-25-12-10-15)17-3-2-4-18(19(17)23)21(27)26-13-14-5-7-16(22)8-6-14/h2-12H,13H2,1H3,(H,26,27). The van der Waals surface area contributed by atoms with Crippen molar-refractivity contribution < 1.29 is 4.79 Å². The SMILES string of the molecule is CN=C(c1ccncc1)c1cccc(C(=O)NCc2ccc(Cl)cc2)c1I. The van der Waals surface area contributed by atoms with Crippen LogP contribution in [0, 0.1) is 3.57 Å². The van der Waals surface area contributed by atoms with E-state index < -0.39 is 0 Å². The molecule has 0 aliphatic rings. The summed E-state index contributed by atoms with van der Waals surface area (Å²) in [5.41, 5.74) is 4.32. The van der Waals surface area contributed by atoms with Crippen LogP contribution in [0.15, 0.2) is 72.0 Å². The molecule has 0 unspecified atom stereocenters. The highest BCUT2D eigenvalue weighted by molar-refractivity contribution is 14.1. The lowest BCUT2D eigenvalue weighted by atomic mass is 10.0. The summed E-state index contributed by atoms with van der Waals surface area (Å²) < 4.78 is 0.862. The van der Waals surface area contributed by atoms with Crippen LogP contribution in [0.4, 0.5) is 0 Å². The largest absolute Gasteiger partial charge is 0.348 e. The van der Waals surface area contributed by atoms with Gasteiger partial charge in [0.05, 0.1) is 11.3 Å². The molecule has 6 heteroatoms. The lowest BCUT2D eigenvalue weighted by Gasteiger charge is -2.13. The van der Waals surface area contributed by atoms with Gasteiger partial charge in [0.2, 0.25) is 0 Å². The molecule has 136 valence electrons. The van der Waals surface area contributed by atoms with Crippen molar-refractivity contribution in [3.05, 3.63) is 97.8 Å². The first-order valence-electron chi connectivity index (χ1n) is 8.29. The lowest BCUT2D eigenvalue weighted by molar-refractivity contribution is 0.0950. The molecule has 27 heavy (non-hydrogen) atoms. The normalized spacial score (nSPS) is 11.3. The van der Waals surface area contributed by atoms with Crippen molar-refractivity contribution in [2.75, 3.05) is 7.05 Å². The summed E-state index contributed by atoms with van der Waals surface area (Å²) in [6, 6.07) is 16.9. The molecule has 0 aliphatic carbocycles. The zero-order chi connectivity index (χ0) is 19.2. The van der Waals surface area contributed by atoms with Crippen molar-refractivity contribution in [2.45, 2.75) is 6.54 Å². The number of aliphatic imine (C=N–C) groups is 1. The van der Waals surface area contributed by atoms with Crippen LogP contribution in [0.1, 0.15) is 27.0 Å². The average molecular weight is 490 g/mol. The van der Waals surface area contributed by atoms with E-state index in [1.807, 2.05) is 54.6 Å². The van der Waals surface area contributed by atoms with Crippen LogP contribution in [0.25, 0.3) is 0 Å². The highest BCUT2D eigenvalue weighted by Crippen LogP contribution is 2.21.